The van der Waals surface area contributed by atoms with Gasteiger partial charge < -0.3 is 9.51 Å². The summed E-state index contributed by atoms with van der Waals surface area (Å²) in [5, 5.41) is 9.67. The van der Waals surface area contributed by atoms with Crippen LogP contribution in [-0.4, -0.2) is 20.5 Å². The number of carbonyl (C=O) groups is 1. The number of benzene rings is 1. The van der Waals surface area contributed by atoms with Crippen LogP contribution < -0.4 is 0 Å². The summed E-state index contributed by atoms with van der Waals surface area (Å²) in [5.74, 6) is -0.949. The van der Waals surface area contributed by atoms with Crippen molar-refractivity contribution in [2.24, 2.45) is 0 Å². The molecule has 4 nitrogen and oxygen atoms in total. The zero-order valence-electron chi connectivity index (χ0n) is 10.5. The second kappa shape index (κ2) is 4.98. The minimum absolute atomic E-state index is 0.237. The van der Waals surface area contributed by atoms with Gasteiger partial charge in [0.2, 0.25) is 0 Å². The first-order valence-electron chi connectivity index (χ1n) is 6.07. The molecule has 0 radical (unpaired) electrons. The van der Waals surface area contributed by atoms with E-state index in [0.29, 0.717) is 17.1 Å². The van der Waals surface area contributed by atoms with Crippen LogP contribution in [0.3, 0.4) is 0 Å². The van der Waals surface area contributed by atoms with Crippen molar-refractivity contribution in [3.8, 4) is 0 Å². The SMILES string of the molecule is O=C(O)c1ccn2cc(Cc3ccc(Cl)cc3)nc2c1. The fourth-order valence-electron chi connectivity index (χ4n) is 2.06. The van der Waals surface area contributed by atoms with E-state index in [-0.39, 0.29) is 5.56 Å². The van der Waals surface area contributed by atoms with Gasteiger partial charge in [-0.3, -0.25) is 0 Å². The molecule has 0 fully saturated rings. The summed E-state index contributed by atoms with van der Waals surface area (Å²) in [5.41, 5.74) is 2.86. The summed E-state index contributed by atoms with van der Waals surface area (Å²) in [6, 6.07) is 10.7. The van der Waals surface area contributed by atoms with E-state index in [9.17, 15) is 4.79 Å². The number of carboxylic acid groups (broad SMARTS) is 1. The molecule has 0 amide bonds. The molecule has 0 atom stereocenters. The Morgan fingerprint density at radius 2 is 2.00 bits per heavy atom. The molecule has 5 heteroatoms. The molecule has 0 saturated heterocycles. The number of nitrogens with zero attached hydrogens (tertiary/aromatic N) is 2. The molecule has 0 unspecified atom stereocenters. The molecule has 3 aromatic rings. The zero-order chi connectivity index (χ0) is 14.1. The number of hydrogen-bond acceptors (Lipinski definition) is 2. The van der Waals surface area contributed by atoms with E-state index in [0.717, 1.165) is 11.3 Å². The maximum atomic E-state index is 10.9. The van der Waals surface area contributed by atoms with Crippen molar-refractivity contribution in [2.75, 3.05) is 0 Å². The molecule has 100 valence electrons. The smallest absolute Gasteiger partial charge is 0.335 e. The van der Waals surface area contributed by atoms with E-state index in [2.05, 4.69) is 4.98 Å². The van der Waals surface area contributed by atoms with Crippen LogP contribution in [0.5, 0.6) is 0 Å². The number of rotatable bonds is 3. The van der Waals surface area contributed by atoms with E-state index in [4.69, 9.17) is 16.7 Å². The van der Waals surface area contributed by atoms with Crippen LogP contribution in [-0.2, 0) is 6.42 Å². The standard InChI is InChI=1S/C15H11ClN2O2/c16-12-3-1-10(2-4-12)7-13-9-18-6-5-11(15(19)20)8-14(18)17-13/h1-6,8-9H,7H2,(H,19,20). The molecule has 1 N–H and O–H groups in total. The molecule has 0 bridgehead atoms. The van der Waals surface area contributed by atoms with Crippen molar-refractivity contribution in [3.05, 3.63) is 70.6 Å². The third-order valence-corrected chi connectivity index (χ3v) is 3.31. The number of carboxylic acids is 1. The number of pyridine rings is 1. The maximum Gasteiger partial charge on any atom is 0.335 e. The second-order valence-corrected chi connectivity index (χ2v) is 4.96. The fourth-order valence-corrected chi connectivity index (χ4v) is 2.19. The van der Waals surface area contributed by atoms with Crippen LogP contribution in [0.1, 0.15) is 21.6 Å². The number of halogens is 1. The Bertz CT molecular complexity index is 778. The molecule has 3 rings (SSSR count). The monoisotopic (exact) mass is 286 g/mol. The molecular formula is C15H11ClN2O2. The van der Waals surface area contributed by atoms with Gasteiger partial charge in [0.1, 0.15) is 5.65 Å². The first-order chi connectivity index (χ1) is 9.61. The van der Waals surface area contributed by atoms with Crippen molar-refractivity contribution < 1.29 is 9.90 Å². The molecule has 1 aromatic carbocycles. The Labute approximate surface area is 120 Å². The topological polar surface area (TPSA) is 54.6 Å². The van der Waals surface area contributed by atoms with E-state index in [1.807, 2.05) is 34.9 Å². The molecule has 0 aliphatic carbocycles. The lowest BCUT2D eigenvalue weighted by Crippen LogP contribution is -1.96. The summed E-state index contributed by atoms with van der Waals surface area (Å²) in [6.45, 7) is 0. The second-order valence-electron chi connectivity index (χ2n) is 4.52. The largest absolute Gasteiger partial charge is 0.478 e. The van der Waals surface area contributed by atoms with Crippen LogP contribution in [0, 0.1) is 0 Å². The van der Waals surface area contributed by atoms with Crippen molar-refractivity contribution in [3.63, 3.8) is 0 Å². The minimum atomic E-state index is -0.949. The normalized spacial score (nSPS) is 10.8. The van der Waals surface area contributed by atoms with Crippen LogP contribution in [0.2, 0.25) is 5.02 Å². The average molecular weight is 287 g/mol. The fraction of sp³-hybridized carbons (Fsp3) is 0.0667. The molecule has 0 saturated carbocycles. The zero-order valence-corrected chi connectivity index (χ0v) is 11.2. The van der Waals surface area contributed by atoms with Crippen LogP contribution >= 0.6 is 11.6 Å². The Hall–Kier alpha value is -2.33. The summed E-state index contributed by atoms with van der Waals surface area (Å²) in [4.78, 5) is 15.4. The van der Waals surface area contributed by atoms with Gasteiger partial charge in [0.05, 0.1) is 11.3 Å². The van der Waals surface area contributed by atoms with Crippen molar-refractivity contribution >= 4 is 23.2 Å². The lowest BCUT2D eigenvalue weighted by molar-refractivity contribution is 0.0697. The van der Waals surface area contributed by atoms with Gasteiger partial charge in [-0.05, 0) is 29.8 Å². The lowest BCUT2D eigenvalue weighted by Gasteiger charge is -1.97. The molecule has 0 aliphatic rings. The first-order valence-corrected chi connectivity index (χ1v) is 6.45. The van der Waals surface area contributed by atoms with Gasteiger partial charge in [0.25, 0.3) is 0 Å². The number of aromatic nitrogens is 2. The Balaban J connectivity index is 1.92. The third-order valence-electron chi connectivity index (χ3n) is 3.06. The number of aromatic carboxylic acids is 1. The summed E-state index contributed by atoms with van der Waals surface area (Å²) in [6.07, 6.45) is 4.29. The molecule has 2 heterocycles. The lowest BCUT2D eigenvalue weighted by atomic mass is 10.1. The predicted octanol–water partition coefficient (Wildman–Crippen LogP) is 3.28. The summed E-state index contributed by atoms with van der Waals surface area (Å²) >= 11 is 5.85. The quantitative estimate of drug-likeness (QED) is 0.804. The number of hydrogen-bond donors (Lipinski definition) is 1. The van der Waals surface area contributed by atoms with E-state index in [1.165, 1.54) is 0 Å². The van der Waals surface area contributed by atoms with Crippen LogP contribution in [0.4, 0.5) is 0 Å². The first kappa shape index (κ1) is 12.7. The highest BCUT2D eigenvalue weighted by Crippen LogP contribution is 2.15. The van der Waals surface area contributed by atoms with Gasteiger partial charge in [-0.2, -0.15) is 0 Å². The Kier molecular flexibility index (Phi) is 3.16. The van der Waals surface area contributed by atoms with Gasteiger partial charge in [-0.25, -0.2) is 9.78 Å². The van der Waals surface area contributed by atoms with E-state index >= 15 is 0 Å². The molecule has 2 aromatic heterocycles. The van der Waals surface area contributed by atoms with Gasteiger partial charge in [0.15, 0.2) is 0 Å². The maximum absolute atomic E-state index is 10.9. The Morgan fingerprint density at radius 1 is 1.25 bits per heavy atom. The third kappa shape index (κ3) is 2.51. The van der Waals surface area contributed by atoms with E-state index in [1.54, 1.807) is 18.3 Å². The predicted molar refractivity (Wildman–Crippen MR) is 76.4 cm³/mol. The Morgan fingerprint density at radius 3 is 2.70 bits per heavy atom. The molecule has 0 spiro atoms. The highest BCUT2D eigenvalue weighted by atomic mass is 35.5. The summed E-state index contributed by atoms with van der Waals surface area (Å²) < 4.78 is 1.82. The highest BCUT2D eigenvalue weighted by molar-refractivity contribution is 6.30. The number of fused-ring (bicyclic) bond motifs is 1. The highest BCUT2D eigenvalue weighted by Gasteiger charge is 2.07. The van der Waals surface area contributed by atoms with Crippen molar-refractivity contribution in [1.29, 1.82) is 0 Å². The molecule has 0 aliphatic heterocycles. The van der Waals surface area contributed by atoms with Crippen LogP contribution in [0.25, 0.3) is 5.65 Å². The molecule has 20 heavy (non-hydrogen) atoms. The summed E-state index contributed by atoms with van der Waals surface area (Å²) in [7, 11) is 0. The van der Waals surface area contributed by atoms with Gasteiger partial charge >= 0.3 is 5.97 Å². The molecular weight excluding hydrogens is 276 g/mol. The minimum Gasteiger partial charge on any atom is -0.478 e. The van der Waals surface area contributed by atoms with Crippen molar-refractivity contribution in [2.45, 2.75) is 6.42 Å². The average Bonchev–Trinajstić information content (AvgIpc) is 2.82. The van der Waals surface area contributed by atoms with E-state index < -0.39 is 5.97 Å². The van der Waals surface area contributed by atoms with Gasteiger partial charge in [-0.1, -0.05) is 23.7 Å². The van der Waals surface area contributed by atoms with Gasteiger partial charge in [0, 0.05) is 23.8 Å². The number of imidazole rings is 1. The van der Waals surface area contributed by atoms with Gasteiger partial charge in [-0.15, -0.1) is 0 Å². The van der Waals surface area contributed by atoms with Crippen molar-refractivity contribution in [1.82, 2.24) is 9.38 Å². The van der Waals surface area contributed by atoms with Crippen LogP contribution in [0.15, 0.2) is 48.8 Å².